The Hall–Kier alpha value is -12.9. The van der Waals surface area contributed by atoms with E-state index in [9.17, 15) is 5.26 Å². The zero-order valence-electron chi connectivity index (χ0n) is 52.8. The summed E-state index contributed by atoms with van der Waals surface area (Å²) in [5.41, 5.74) is 15.7. The second-order valence-corrected chi connectivity index (χ2v) is 27.3. The monoisotopic (exact) mass is 1300 g/mol. The quantitative estimate of drug-likeness (QED) is 0.158. The van der Waals surface area contributed by atoms with Gasteiger partial charge in [-0.25, -0.2) is 15.0 Å². The van der Waals surface area contributed by atoms with E-state index in [0.29, 0.717) is 17.2 Å². The number of para-hydroxylation sites is 2. The predicted molar refractivity (Wildman–Crippen MR) is 413 cm³/mol. The van der Waals surface area contributed by atoms with Gasteiger partial charge in [-0.1, -0.05) is 224 Å². The van der Waals surface area contributed by atoms with Crippen molar-refractivity contribution in [2.75, 3.05) is 0 Å². The number of aromatic nitrogens is 6. The third-order valence-electron chi connectivity index (χ3n) is 19.4. The lowest BCUT2D eigenvalue weighted by Crippen LogP contribution is -2.02. The van der Waals surface area contributed by atoms with Crippen molar-refractivity contribution in [1.29, 1.82) is 5.26 Å². The number of nitriles is 1. The van der Waals surface area contributed by atoms with E-state index in [4.69, 9.17) is 24.4 Å². The van der Waals surface area contributed by atoms with Gasteiger partial charge >= 0.3 is 0 Å². The Morgan fingerprint density at radius 2 is 0.859 bits per heavy atom. The molecule has 0 bridgehead atoms. The molecule has 0 aliphatic carbocycles. The molecular formula is C89H51N7OS2. The van der Waals surface area contributed by atoms with E-state index in [-0.39, 0.29) is 0 Å². The lowest BCUT2D eigenvalue weighted by atomic mass is 9.93. The van der Waals surface area contributed by atoms with Crippen molar-refractivity contribution in [1.82, 2.24) is 29.1 Å². The molecule has 0 aliphatic rings. The summed E-state index contributed by atoms with van der Waals surface area (Å²) < 4.78 is 14.8. The Kier molecular flexibility index (Phi) is 12.9. The molecule has 0 aliphatic heterocycles. The molecule has 0 atom stereocenters. The Balaban J connectivity index is 0.000000137. The molecule has 10 heteroatoms. The van der Waals surface area contributed by atoms with Crippen LogP contribution in [0.2, 0.25) is 0 Å². The summed E-state index contributed by atoms with van der Waals surface area (Å²) in [6, 6.07) is 111. The number of fused-ring (bicyclic) bond motifs is 17. The highest BCUT2D eigenvalue weighted by Crippen LogP contribution is 2.47. The van der Waals surface area contributed by atoms with E-state index in [2.05, 4.69) is 276 Å². The first kappa shape index (κ1) is 56.4. The molecule has 21 rings (SSSR count). The van der Waals surface area contributed by atoms with Crippen molar-refractivity contribution in [3.05, 3.63) is 315 Å². The predicted octanol–water partition coefficient (Wildman–Crippen LogP) is 24.3. The second-order valence-electron chi connectivity index (χ2n) is 25.2. The minimum Gasteiger partial charge on any atom is -0.437 e. The molecule has 7 aromatic heterocycles. The lowest BCUT2D eigenvalue weighted by Gasteiger charge is -2.13. The van der Waals surface area contributed by atoms with Crippen LogP contribution in [0.25, 0.3) is 195 Å². The highest BCUT2D eigenvalue weighted by atomic mass is 32.1. The molecule has 7 heterocycles. The number of furan rings is 1. The van der Waals surface area contributed by atoms with Crippen LogP contribution >= 0.6 is 22.7 Å². The average molecular weight is 1300 g/mol. The largest absolute Gasteiger partial charge is 0.437 e. The van der Waals surface area contributed by atoms with Gasteiger partial charge in [0.15, 0.2) is 11.6 Å². The Bertz CT molecular complexity index is 6940. The van der Waals surface area contributed by atoms with Gasteiger partial charge in [-0.15, -0.1) is 22.7 Å². The zero-order valence-corrected chi connectivity index (χ0v) is 54.4. The third kappa shape index (κ3) is 9.24. The van der Waals surface area contributed by atoms with Gasteiger partial charge in [0.05, 0.1) is 50.2 Å². The molecule has 0 N–H and O–H groups in total. The number of hydrogen-bond donors (Lipinski definition) is 0. The molecule has 99 heavy (non-hydrogen) atoms. The van der Waals surface area contributed by atoms with E-state index in [1.54, 1.807) is 11.3 Å². The van der Waals surface area contributed by atoms with Crippen molar-refractivity contribution < 1.29 is 4.42 Å². The molecule has 21 aromatic rings. The van der Waals surface area contributed by atoms with Gasteiger partial charge < -0.3 is 4.42 Å². The van der Waals surface area contributed by atoms with E-state index in [1.165, 1.54) is 74.1 Å². The van der Waals surface area contributed by atoms with Crippen LogP contribution in [-0.2, 0) is 0 Å². The van der Waals surface area contributed by atoms with Crippen LogP contribution in [0, 0.1) is 11.3 Å². The van der Waals surface area contributed by atoms with Gasteiger partial charge in [0.1, 0.15) is 10.4 Å². The molecule has 460 valence electrons. The maximum absolute atomic E-state index is 9.42. The summed E-state index contributed by atoms with van der Waals surface area (Å²) in [5, 5.41) is 25.5. The fraction of sp³-hybridized carbons (Fsp3) is 0. The molecule has 0 unspecified atom stereocenters. The van der Waals surface area contributed by atoms with E-state index in [0.717, 1.165) is 110 Å². The number of hydrogen-bond acceptors (Lipinski definition) is 8. The number of thiophene rings is 2. The summed E-state index contributed by atoms with van der Waals surface area (Å²) in [4.78, 5) is 22.4. The van der Waals surface area contributed by atoms with Crippen LogP contribution in [-0.4, -0.2) is 29.1 Å². The Labute approximate surface area is 574 Å². The molecule has 0 spiro atoms. The van der Waals surface area contributed by atoms with Gasteiger partial charge in [-0.2, -0.15) is 10.2 Å². The first-order valence-electron chi connectivity index (χ1n) is 33.0. The SMILES string of the molecule is N#Cc1cccc(-c2ccc3c(c2)oc2nc(-n4c5ccccc5c5cc6ccccc6cc54)nc(-c4ccccc4)c23)c1.c1ccc(-c2cc3sc4nc(-c5ccc6c(c5)sc5ccccc56)nc(-n5c6ccccc6c6cc7ccccc7cc65)c4c3cc2-c2ccccc2)cc1. The fourth-order valence-electron chi connectivity index (χ4n) is 14.8. The minimum atomic E-state index is 0.526. The van der Waals surface area contributed by atoms with Crippen LogP contribution in [0.1, 0.15) is 5.56 Å². The van der Waals surface area contributed by atoms with Gasteiger partial charge in [0, 0.05) is 68.3 Å². The van der Waals surface area contributed by atoms with Crippen LogP contribution in [0.5, 0.6) is 0 Å². The maximum Gasteiger partial charge on any atom is 0.238 e. The smallest absolute Gasteiger partial charge is 0.238 e. The number of nitrogens with zero attached hydrogens (tertiary/aromatic N) is 7. The van der Waals surface area contributed by atoms with Crippen molar-refractivity contribution in [2.45, 2.75) is 0 Å². The molecule has 8 nitrogen and oxygen atoms in total. The molecule has 0 amide bonds. The Morgan fingerprint density at radius 1 is 0.323 bits per heavy atom. The van der Waals surface area contributed by atoms with E-state index in [1.807, 2.05) is 59.9 Å². The molecular weight excluding hydrogens is 1250 g/mol. The molecule has 14 aromatic carbocycles. The van der Waals surface area contributed by atoms with Crippen LogP contribution in [0.3, 0.4) is 0 Å². The van der Waals surface area contributed by atoms with Gasteiger partial charge in [0.25, 0.3) is 0 Å². The summed E-state index contributed by atoms with van der Waals surface area (Å²) >= 11 is 3.58. The first-order valence-corrected chi connectivity index (χ1v) is 34.6. The summed E-state index contributed by atoms with van der Waals surface area (Å²) in [7, 11) is 0. The summed E-state index contributed by atoms with van der Waals surface area (Å²) in [6.45, 7) is 0. The molecule has 0 saturated heterocycles. The van der Waals surface area contributed by atoms with Crippen molar-refractivity contribution in [2.24, 2.45) is 0 Å². The second kappa shape index (κ2) is 22.6. The van der Waals surface area contributed by atoms with Gasteiger partial charge in [-0.05, 0) is 140 Å². The third-order valence-corrected chi connectivity index (χ3v) is 21.6. The van der Waals surface area contributed by atoms with Gasteiger partial charge in [-0.3, -0.25) is 9.13 Å². The number of benzene rings is 14. The van der Waals surface area contributed by atoms with E-state index < -0.39 is 0 Å². The summed E-state index contributed by atoms with van der Waals surface area (Å²) in [5.74, 6) is 2.18. The lowest BCUT2D eigenvalue weighted by molar-refractivity contribution is 0.651. The standard InChI is InChI=1S/C50H29N3S2.C39H22N4O/c1-3-13-30(14-4-1)38-28-41-46(29-39(38)31-15-5-2-6-16-31)55-50-47(41)49(51-48(52-50)34-23-24-37-36-20-10-12-22-44(36)54-45(37)27-34)53-42-21-11-9-19-35(42)40-25-32-17-7-8-18-33(32)26-43(40)53;40-23-24-9-8-14-26(19-24)29-17-18-31-35(22-29)44-38-36(31)37(25-10-2-1-3-11-25)41-39(42-38)43-33-16-7-6-15-30(33)32-20-27-12-4-5-13-28(27)21-34(32)43/h1-29H;1-22H. The molecule has 0 radical (unpaired) electrons. The molecule has 0 fully saturated rings. The van der Waals surface area contributed by atoms with E-state index >= 15 is 0 Å². The minimum absolute atomic E-state index is 0.526. The topological polar surface area (TPSA) is 98.3 Å². The van der Waals surface area contributed by atoms with Crippen LogP contribution < -0.4 is 0 Å². The van der Waals surface area contributed by atoms with Crippen molar-refractivity contribution in [3.8, 4) is 73.9 Å². The molecule has 0 saturated carbocycles. The normalized spacial score (nSPS) is 11.8. The van der Waals surface area contributed by atoms with Crippen molar-refractivity contribution >= 4 is 150 Å². The zero-order chi connectivity index (χ0) is 65.2. The highest BCUT2D eigenvalue weighted by molar-refractivity contribution is 7.26. The fourth-order valence-corrected chi connectivity index (χ4v) is 17.1. The van der Waals surface area contributed by atoms with Crippen LogP contribution in [0.4, 0.5) is 0 Å². The number of rotatable bonds is 7. The summed E-state index contributed by atoms with van der Waals surface area (Å²) in [6.07, 6.45) is 0. The first-order chi connectivity index (χ1) is 49.0. The Morgan fingerprint density at radius 3 is 1.55 bits per heavy atom. The highest BCUT2D eigenvalue weighted by Gasteiger charge is 2.26. The van der Waals surface area contributed by atoms with Crippen molar-refractivity contribution in [3.63, 3.8) is 0 Å². The van der Waals surface area contributed by atoms with Gasteiger partial charge in [0.2, 0.25) is 11.7 Å². The maximum atomic E-state index is 9.42. The van der Waals surface area contributed by atoms with Crippen LogP contribution in [0.15, 0.2) is 314 Å². The average Bonchev–Trinajstić information content (AvgIpc) is 1.57.